The number of pyridine rings is 1. The smallest absolute Gasteiger partial charge is 0.444 e. The third-order valence-electron chi connectivity index (χ3n) is 1.27. The van der Waals surface area contributed by atoms with Crippen molar-refractivity contribution in [2.75, 3.05) is 0 Å². The Kier molecular flexibility index (Phi) is 1.89. The molecule has 1 nitrogen and oxygen atoms in total. The number of hydrogen-bond donors (Lipinski definition) is 0. The zero-order valence-corrected chi connectivity index (χ0v) is 5.89. The van der Waals surface area contributed by atoms with Crippen molar-refractivity contribution in [3.8, 4) is 0 Å². The highest BCUT2D eigenvalue weighted by Crippen LogP contribution is 2.07. The standard InChI is InChI=1S/C6H6BF3N/c1-5-2-3-11-6(4-5)7(8,9)10/h2-4H,1H3/q-1. The van der Waals surface area contributed by atoms with Crippen LogP contribution in [0, 0.1) is 6.92 Å². The van der Waals surface area contributed by atoms with E-state index < -0.39 is 12.6 Å². The molecule has 0 aliphatic heterocycles. The average Bonchev–Trinajstić information content (AvgIpc) is 1.86. The number of hydrogen-bond acceptors (Lipinski definition) is 1. The maximum absolute atomic E-state index is 12.0. The molecule has 0 aliphatic rings. The van der Waals surface area contributed by atoms with E-state index in [9.17, 15) is 12.9 Å². The third-order valence-corrected chi connectivity index (χ3v) is 1.27. The molecule has 1 heterocycles. The molecule has 1 rings (SSSR count). The van der Waals surface area contributed by atoms with Gasteiger partial charge >= 0.3 is 6.98 Å². The second-order valence-electron chi connectivity index (χ2n) is 2.33. The first-order valence-corrected chi connectivity index (χ1v) is 3.12. The maximum atomic E-state index is 12.0. The van der Waals surface area contributed by atoms with E-state index in [2.05, 4.69) is 4.98 Å². The highest BCUT2D eigenvalue weighted by molar-refractivity contribution is 6.72. The lowest BCUT2D eigenvalue weighted by atomic mass is 9.85. The van der Waals surface area contributed by atoms with Gasteiger partial charge in [-0.2, -0.15) is 0 Å². The molecule has 0 N–H and O–H groups in total. The van der Waals surface area contributed by atoms with Crippen molar-refractivity contribution in [3.05, 3.63) is 23.9 Å². The molecule has 5 heteroatoms. The van der Waals surface area contributed by atoms with Gasteiger partial charge in [0.25, 0.3) is 0 Å². The van der Waals surface area contributed by atoms with Gasteiger partial charge < -0.3 is 12.9 Å². The molecule has 11 heavy (non-hydrogen) atoms. The Morgan fingerprint density at radius 1 is 1.36 bits per heavy atom. The third kappa shape index (κ3) is 1.96. The number of aromatic nitrogens is 1. The van der Waals surface area contributed by atoms with Gasteiger partial charge in [0.2, 0.25) is 0 Å². The molecule has 0 fully saturated rings. The molecule has 0 amide bonds. The topological polar surface area (TPSA) is 12.9 Å². The number of rotatable bonds is 1. The van der Waals surface area contributed by atoms with Gasteiger partial charge in [0.05, 0.1) is 0 Å². The molecule has 1 aromatic heterocycles. The zero-order chi connectivity index (χ0) is 8.48. The number of aryl methyl sites for hydroxylation is 1. The van der Waals surface area contributed by atoms with Crippen LogP contribution in [0.25, 0.3) is 0 Å². The Morgan fingerprint density at radius 3 is 2.36 bits per heavy atom. The van der Waals surface area contributed by atoms with Crippen LogP contribution >= 0.6 is 0 Å². The van der Waals surface area contributed by atoms with Crippen LogP contribution in [0.15, 0.2) is 18.3 Å². The first-order chi connectivity index (χ1) is 5.00. The van der Waals surface area contributed by atoms with Gasteiger partial charge in [-0.05, 0) is 18.6 Å². The molecular formula is C6H6BF3N-. The lowest BCUT2D eigenvalue weighted by molar-refractivity contribution is 0.498. The van der Waals surface area contributed by atoms with Crippen LogP contribution < -0.4 is 5.59 Å². The van der Waals surface area contributed by atoms with E-state index in [0.717, 1.165) is 6.07 Å². The van der Waals surface area contributed by atoms with Gasteiger partial charge in [0.15, 0.2) is 0 Å². The van der Waals surface area contributed by atoms with Crippen LogP contribution in [0.1, 0.15) is 5.56 Å². The van der Waals surface area contributed by atoms with Crippen molar-refractivity contribution in [3.63, 3.8) is 0 Å². The molecule has 0 aliphatic carbocycles. The van der Waals surface area contributed by atoms with Gasteiger partial charge in [-0.3, -0.25) is 4.98 Å². The summed E-state index contributed by atoms with van der Waals surface area (Å²) in [5, 5.41) is 0. The van der Waals surface area contributed by atoms with E-state index >= 15 is 0 Å². The van der Waals surface area contributed by atoms with E-state index in [1.807, 2.05) is 0 Å². The number of nitrogens with zero attached hydrogens (tertiary/aromatic N) is 1. The minimum atomic E-state index is -4.93. The minimum Gasteiger partial charge on any atom is -0.444 e. The maximum Gasteiger partial charge on any atom is 0.527 e. The summed E-state index contributed by atoms with van der Waals surface area (Å²) in [6, 6.07) is 2.57. The molecule has 0 radical (unpaired) electrons. The summed E-state index contributed by atoms with van der Waals surface area (Å²) in [6.07, 6.45) is 1.17. The summed E-state index contributed by atoms with van der Waals surface area (Å²) < 4.78 is 35.9. The van der Waals surface area contributed by atoms with Crippen LogP contribution in [0.3, 0.4) is 0 Å². The summed E-state index contributed by atoms with van der Waals surface area (Å²) >= 11 is 0. The van der Waals surface area contributed by atoms with Crippen molar-refractivity contribution < 1.29 is 12.9 Å². The van der Waals surface area contributed by atoms with E-state index in [1.54, 1.807) is 6.92 Å². The largest absolute Gasteiger partial charge is 0.527 e. The average molecular weight is 160 g/mol. The van der Waals surface area contributed by atoms with Crippen molar-refractivity contribution >= 4 is 12.6 Å². The lowest BCUT2D eigenvalue weighted by Gasteiger charge is -2.13. The van der Waals surface area contributed by atoms with Crippen LogP contribution in [0.2, 0.25) is 0 Å². The normalized spacial score (nSPS) is 11.6. The molecule has 0 saturated heterocycles. The van der Waals surface area contributed by atoms with E-state index in [-0.39, 0.29) is 0 Å². The molecule has 60 valence electrons. The van der Waals surface area contributed by atoms with Gasteiger partial charge in [-0.1, -0.05) is 11.6 Å². The molecule has 0 spiro atoms. The molecule has 0 atom stereocenters. The van der Waals surface area contributed by atoms with Crippen molar-refractivity contribution in [1.82, 2.24) is 4.98 Å². The SMILES string of the molecule is Cc1ccnc([B-](F)(F)F)c1. The Labute approximate surface area is 62.3 Å². The Hall–Kier alpha value is -0.995. The summed E-state index contributed by atoms with van der Waals surface area (Å²) in [4.78, 5) is 3.21. The quantitative estimate of drug-likeness (QED) is 0.566. The Bertz CT molecular complexity index is 258. The van der Waals surface area contributed by atoms with Gasteiger partial charge in [-0.25, -0.2) is 0 Å². The van der Waals surface area contributed by atoms with E-state index in [4.69, 9.17) is 0 Å². The fourth-order valence-electron chi connectivity index (χ4n) is 0.739. The molecular weight excluding hydrogens is 154 g/mol. The zero-order valence-electron chi connectivity index (χ0n) is 5.89. The fourth-order valence-corrected chi connectivity index (χ4v) is 0.739. The highest BCUT2D eigenvalue weighted by atomic mass is 19.4. The highest BCUT2D eigenvalue weighted by Gasteiger charge is 2.26. The molecule has 0 saturated carbocycles. The second-order valence-corrected chi connectivity index (χ2v) is 2.33. The first kappa shape index (κ1) is 8.10. The summed E-state index contributed by atoms with van der Waals surface area (Å²) in [5.74, 6) is 0. The predicted octanol–water partition coefficient (Wildman–Crippen LogP) is 1.44. The lowest BCUT2D eigenvalue weighted by Crippen LogP contribution is -2.36. The van der Waals surface area contributed by atoms with Gasteiger partial charge in [0.1, 0.15) is 0 Å². The fraction of sp³-hybridized carbons (Fsp3) is 0.167. The predicted molar refractivity (Wildman–Crippen MR) is 37.7 cm³/mol. The molecule has 0 bridgehead atoms. The second kappa shape index (κ2) is 2.56. The Morgan fingerprint density at radius 2 is 2.00 bits per heavy atom. The van der Waals surface area contributed by atoms with Crippen molar-refractivity contribution in [2.24, 2.45) is 0 Å². The first-order valence-electron chi connectivity index (χ1n) is 3.12. The summed E-state index contributed by atoms with van der Waals surface area (Å²) in [6.45, 7) is -3.33. The molecule has 0 aromatic carbocycles. The summed E-state index contributed by atoms with van der Waals surface area (Å²) in [7, 11) is 0. The monoisotopic (exact) mass is 160 g/mol. The Balaban J connectivity index is 3.06. The van der Waals surface area contributed by atoms with Crippen LogP contribution in [0.5, 0.6) is 0 Å². The van der Waals surface area contributed by atoms with E-state index in [1.165, 1.54) is 12.3 Å². The van der Waals surface area contributed by atoms with Gasteiger partial charge in [-0.15, -0.1) is 0 Å². The molecule has 1 aromatic rings. The van der Waals surface area contributed by atoms with Crippen molar-refractivity contribution in [2.45, 2.75) is 6.92 Å². The van der Waals surface area contributed by atoms with Gasteiger partial charge in [0, 0.05) is 6.20 Å². The number of halogens is 3. The van der Waals surface area contributed by atoms with Crippen LogP contribution in [0.4, 0.5) is 12.9 Å². The molecule has 0 unspecified atom stereocenters. The van der Waals surface area contributed by atoms with E-state index in [0.29, 0.717) is 5.56 Å². The minimum absolute atomic E-state index is 0.578. The van der Waals surface area contributed by atoms with Crippen LogP contribution in [-0.4, -0.2) is 12.0 Å². The summed E-state index contributed by atoms with van der Waals surface area (Å²) in [5.41, 5.74) is -0.195. The van der Waals surface area contributed by atoms with Crippen LogP contribution in [-0.2, 0) is 0 Å². The van der Waals surface area contributed by atoms with Crippen molar-refractivity contribution in [1.29, 1.82) is 0 Å².